The number of para-hydroxylation sites is 2. The Morgan fingerprint density at radius 2 is 0.500 bits per heavy atom. The van der Waals surface area contributed by atoms with Gasteiger partial charge < -0.3 is 95.8 Å². The molecule has 0 saturated carbocycles. The molecule has 33 heteroatoms. The molecule has 10 N–H and O–H groups in total. The van der Waals surface area contributed by atoms with Crippen LogP contribution in [-0.2, 0) is 104 Å². The van der Waals surface area contributed by atoms with Gasteiger partial charge in [-0.1, -0.05) is 109 Å². The molecule has 29 nitrogen and oxygen atoms in total. The molecular formula is C97H106F4N10O19. The number of rotatable bonds is 38. The zero-order chi connectivity index (χ0) is 94.5. The second-order valence-corrected chi connectivity index (χ2v) is 28.2. The topological polar surface area (TPSA) is 374 Å². The number of carbonyl (C=O) groups excluding carboxylic acids is 10. The predicted octanol–water partition coefficient (Wildman–Crippen LogP) is 11.4. The third-order valence-corrected chi connectivity index (χ3v) is 17.4. The molecule has 0 radical (unpaired) electrons. The number of halogens is 4. The van der Waals surface area contributed by atoms with Crippen molar-refractivity contribution in [3.8, 4) is 57.8 Å². The number of ether oxygens (including phenoxy) is 9. The molecule has 0 spiro atoms. The molecule has 0 saturated heterocycles. The number of carbonyl (C=O) groups is 10. The Morgan fingerprint density at radius 3 is 0.785 bits per heavy atom. The fourth-order valence-corrected chi connectivity index (χ4v) is 11.2. The molecule has 10 amide bonds. The summed E-state index contributed by atoms with van der Waals surface area (Å²) < 4.78 is 99.6. The van der Waals surface area contributed by atoms with Gasteiger partial charge in [0.1, 0.15) is 87.9 Å². The van der Waals surface area contributed by atoms with Gasteiger partial charge in [-0.05, 0) is 173 Å². The normalized spacial score (nSPS) is 11.4. The van der Waals surface area contributed by atoms with Crippen LogP contribution in [0.5, 0.6) is 46.0 Å². The van der Waals surface area contributed by atoms with Crippen molar-refractivity contribution < 1.29 is 108 Å². The predicted molar refractivity (Wildman–Crippen MR) is 477 cm³/mol. The fourth-order valence-electron chi connectivity index (χ4n) is 11.2. The van der Waals surface area contributed by atoms with Crippen LogP contribution >= 0.6 is 0 Å². The highest BCUT2D eigenvalue weighted by Crippen LogP contribution is 2.27. The van der Waals surface area contributed by atoms with E-state index in [4.69, 9.17) is 42.6 Å². The van der Waals surface area contributed by atoms with E-state index in [0.29, 0.717) is 54.9 Å². The van der Waals surface area contributed by atoms with Crippen molar-refractivity contribution in [1.82, 2.24) is 53.2 Å². The van der Waals surface area contributed by atoms with E-state index in [1.165, 1.54) is 113 Å². The van der Waals surface area contributed by atoms with Crippen molar-refractivity contribution in [3.05, 3.63) is 311 Å². The van der Waals surface area contributed by atoms with Crippen molar-refractivity contribution in [1.29, 1.82) is 0 Å². The van der Waals surface area contributed by atoms with Crippen molar-refractivity contribution in [2.24, 2.45) is 0 Å². The lowest BCUT2D eigenvalue weighted by Gasteiger charge is -2.16. The summed E-state index contributed by atoms with van der Waals surface area (Å²) in [5, 5.41) is 26.5. The Kier molecular flexibility index (Phi) is 46.2. The van der Waals surface area contributed by atoms with Gasteiger partial charge in [0, 0.05) is 120 Å². The molecule has 0 bridgehead atoms. The monoisotopic (exact) mass is 1790 g/mol. The molecule has 0 aliphatic carbocycles. The molecule has 10 rings (SSSR count). The minimum atomic E-state index is -0.749. The average molecular weight is 1790 g/mol. The Hall–Kier alpha value is -14.8. The van der Waals surface area contributed by atoms with Gasteiger partial charge >= 0.3 is 0 Å². The van der Waals surface area contributed by atoms with E-state index in [2.05, 4.69) is 65.0 Å². The lowest BCUT2D eigenvalue weighted by Crippen LogP contribution is -2.48. The van der Waals surface area contributed by atoms with E-state index in [0.717, 1.165) is 50.4 Å². The van der Waals surface area contributed by atoms with Crippen LogP contribution in [0.3, 0.4) is 0 Å². The fraction of sp³-hybridized carbons (Fsp3) is 0.258. The summed E-state index contributed by atoms with van der Waals surface area (Å²) in [5.41, 5.74) is 5.91. The number of amides is 10. The van der Waals surface area contributed by atoms with Crippen LogP contribution in [0.25, 0.3) is 0 Å². The van der Waals surface area contributed by atoms with Crippen LogP contribution in [0, 0.1) is 35.1 Å². The van der Waals surface area contributed by atoms with Crippen LogP contribution < -0.4 is 72.1 Å². The summed E-state index contributed by atoms with van der Waals surface area (Å²) >= 11 is 0. The quantitative estimate of drug-likeness (QED) is 0.0127. The van der Waals surface area contributed by atoms with Gasteiger partial charge in [-0.25, -0.2) is 17.6 Å². The van der Waals surface area contributed by atoms with E-state index in [1.807, 2.05) is 91.0 Å². The van der Waals surface area contributed by atoms with Gasteiger partial charge in [0.25, 0.3) is 0 Å². The number of nitrogens with one attached hydrogen (secondary N) is 10. The summed E-state index contributed by atoms with van der Waals surface area (Å²) in [7, 11) is 7.32. The Bertz CT molecular complexity index is 5270. The SMILES string of the molecule is COC[C@@H](NC(C)=O)C(=O)NCc1ccc(C#Cc2ccc(F)cc2)cc1.COC[C@@H](NC(C)=O)C(=O)NCc1ccc(Oc2ccc(F)cc2)cc1.COC[C@@H](NC(C)=O)C(=O)NCc1ccc(Oc2cccc(F)c2)cc1.COC[C@@H](NC(C)=O)C(=O)NCc1ccc(Oc2ccccc2)cc1.COC[C@@H](NC(C)=O)C(=O)NCc1ccc(Oc2ccccc2F)cc1. The third kappa shape index (κ3) is 41.5. The molecular weight excluding hydrogens is 1690 g/mol. The number of benzene rings is 10. The first kappa shape index (κ1) is 104. The molecule has 5 atom stereocenters. The highest BCUT2D eigenvalue weighted by atomic mass is 19.1. The van der Waals surface area contributed by atoms with Crippen LogP contribution in [0.2, 0.25) is 0 Å². The summed E-state index contributed by atoms with van der Waals surface area (Å²) in [4.78, 5) is 116. The summed E-state index contributed by atoms with van der Waals surface area (Å²) in [6.07, 6.45) is 0. The standard InChI is InChI=1S/C21H21FN2O3.3C19H21FN2O4.C19H22N2O4/c1-15(25)24-20(14-27-2)21(26)23-13-18-7-5-16(6-8-18)3-4-17-9-11-19(22)12-10-17;1-13(23)22-18(12-25-2)19(24)21-11-14-3-7-16(8-4-14)26-17-9-5-15(20)6-10-17;1-13(23)22-18(12-25-2)19(24)21-11-14-6-8-16(9-7-14)26-17-5-3-4-15(20)10-17;1-13(23)22-17(12-25-2)19(24)21-11-14-7-9-15(10-8-14)26-18-6-4-3-5-16(18)20;1-14(22)21-18(13-24-2)19(23)20-12-15-8-10-17(11-9-15)25-16-6-4-3-5-7-16/h5-12,20H,13-14H2,1-2H3,(H,23,26)(H,24,25);2*3-10,18H,11-12H2,1-2H3,(H,21,24)(H,22,23);3-10,17H,11-12H2,1-2H3,(H,21,24)(H,22,23);3-11,18H,12-13H2,1-2H3,(H,20,23)(H,21,22)/t20-;2*18-;17-;18-/m11111/s1. The number of hydrogen-bond acceptors (Lipinski definition) is 19. The minimum Gasteiger partial charge on any atom is -0.457 e. The molecule has 0 unspecified atom stereocenters. The zero-order valence-electron chi connectivity index (χ0n) is 73.4. The highest BCUT2D eigenvalue weighted by molar-refractivity contribution is 5.90. The van der Waals surface area contributed by atoms with Gasteiger partial charge in [-0.2, -0.15) is 0 Å². The lowest BCUT2D eigenvalue weighted by atomic mass is 10.1. The van der Waals surface area contributed by atoms with E-state index in [1.54, 1.807) is 115 Å². The molecule has 0 aliphatic rings. The summed E-state index contributed by atoms with van der Waals surface area (Å²) in [5.74, 6) is 5.67. The first-order valence-electron chi connectivity index (χ1n) is 40.4. The molecule has 0 aliphatic heterocycles. The van der Waals surface area contributed by atoms with Gasteiger partial charge in [-0.3, -0.25) is 47.9 Å². The van der Waals surface area contributed by atoms with Gasteiger partial charge in [0.15, 0.2) is 11.6 Å². The Morgan fingerprint density at radius 1 is 0.262 bits per heavy atom. The van der Waals surface area contributed by atoms with Crippen LogP contribution in [0.15, 0.2) is 249 Å². The van der Waals surface area contributed by atoms with E-state index in [-0.39, 0.29) is 122 Å². The van der Waals surface area contributed by atoms with Crippen LogP contribution in [0.1, 0.15) is 73.6 Å². The average Bonchev–Trinajstić information content (AvgIpc) is 0.887. The third-order valence-electron chi connectivity index (χ3n) is 17.4. The molecule has 0 heterocycles. The molecule has 0 fully saturated rings. The van der Waals surface area contributed by atoms with Crippen LogP contribution in [-0.4, -0.2) is 158 Å². The smallest absolute Gasteiger partial charge is 0.245 e. The highest BCUT2D eigenvalue weighted by Gasteiger charge is 2.24. The van der Waals surface area contributed by atoms with Crippen molar-refractivity contribution in [2.45, 2.75) is 97.6 Å². The molecule has 10 aromatic rings. The van der Waals surface area contributed by atoms with Crippen molar-refractivity contribution in [3.63, 3.8) is 0 Å². The van der Waals surface area contributed by atoms with Gasteiger partial charge in [-0.15, -0.1) is 0 Å². The maximum atomic E-state index is 13.6. The zero-order valence-corrected chi connectivity index (χ0v) is 73.4. The second-order valence-electron chi connectivity index (χ2n) is 28.2. The van der Waals surface area contributed by atoms with Crippen LogP contribution in [0.4, 0.5) is 17.6 Å². The second kappa shape index (κ2) is 57.7. The van der Waals surface area contributed by atoms with E-state index >= 15 is 0 Å². The molecule has 686 valence electrons. The van der Waals surface area contributed by atoms with E-state index < -0.39 is 36.0 Å². The lowest BCUT2D eigenvalue weighted by molar-refractivity contribution is -0.129. The summed E-state index contributed by atoms with van der Waals surface area (Å²) in [6.45, 7) is 8.76. The molecule has 0 aromatic heterocycles. The van der Waals surface area contributed by atoms with Gasteiger partial charge in [0.2, 0.25) is 59.1 Å². The Balaban J connectivity index is 0.000000250. The minimum absolute atomic E-state index is 0.0842. The maximum absolute atomic E-state index is 13.6. The van der Waals surface area contributed by atoms with Crippen molar-refractivity contribution >= 4 is 59.1 Å². The maximum Gasteiger partial charge on any atom is 0.245 e. The van der Waals surface area contributed by atoms with Gasteiger partial charge in [0.05, 0.1) is 33.0 Å². The molecule has 130 heavy (non-hydrogen) atoms. The first-order chi connectivity index (χ1) is 62.5. The summed E-state index contributed by atoms with van der Waals surface area (Å²) in [6, 6.07) is 65.5. The number of methoxy groups -OCH3 is 5. The Labute approximate surface area is 751 Å². The molecule has 10 aromatic carbocycles. The van der Waals surface area contributed by atoms with E-state index in [9.17, 15) is 65.5 Å². The number of hydrogen-bond donors (Lipinski definition) is 10. The van der Waals surface area contributed by atoms with Crippen molar-refractivity contribution in [2.75, 3.05) is 68.6 Å². The largest absolute Gasteiger partial charge is 0.457 e. The first-order valence-corrected chi connectivity index (χ1v) is 40.4.